The molecule has 0 unspecified atom stereocenters. The summed E-state index contributed by atoms with van der Waals surface area (Å²) in [6, 6.07) is 12.8. The Bertz CT molecular complexity index is 537. The minimum Gasteiger partial charge on any atom is -0.312 e. The molecular formula is C16H17ClFN. The zero-order valence-electron chi connectivity index (χ0n) is 10.9. The molecule has 1 nitrogen and oxygen atoms in total. The summed E-state index contributed by atoms with van der Waals surface area (Å²) in [5.74, 6) is -0.171. The molecular weight excluding hydrogens is 261 g/mol. The van der Waals surface area contributed by atoms with E-state index in [2.05, 4.69) is 5.32 Å². The molecule has 2 aromatic carbocycles. The van der Waals surface area contributed by atoms with Crippen LogP contribution in [0.3, 0.4) is 0 Å². The number of aryl methyl sites for hydroxylation is 1. The second-order valence-corrected chi connectivity index (χ2v) is 5.06. The van der Waals surface area contributed by atoms with Crippen molar-refractivity contribution < 1.29 is 4.39 Å². The van der Waals surface area contributed by atoms with Crippen molar-refractivity contribution in [1.82, 2.24) is 5.32 Å². The molecule has 0 saturated carbocycles. The summed E-state index contributed by atoms with van der Waals surface area (Å²) in [5.41, 5.74) is 3.40. The van der Waals surface area contributed by atoms with Gasteiger partial charge in [-0.05, 0) is 60.8 Å². The van der Waals surface area contributed by atoms with E-state index < -0.39 is 0 Å². The van der Waals surface area contributed by atoms with Gasteiger partial charge in [0.05, 0.1) is 0 Å². The number of halogens is 2. The summed E-state index contributed by atoms with van der Waals surface area (Å²) in [7, 11) is 0. The van der Waals surface area contributed by atoms with E-state index in [1.54, 1.807) is 6.07 Å². The van der Waals surface area contributed by atoms with Crippen LogP contribution in [-0.4, -0.2) is 6.54 Å². The maximum atomic E-state index is 13.0. The molecule has 1 N–H and O–H groups in total. The molecule has 0 aliphatic rings. The highest BCUT2D eigenvalue weighted by molar-refractivity contribution is 6.30. The highest BCUT2D eigenvalue weighted by Gasteiger charge is 2.00. The summed E-state index contributed by atoms with van der Waals surface area (Å²) in [6.07, 6.45) is 0.902. The van der Waals surface area contributed by atoms with Crippen molar-refractivity contribution >= 4 is 11.6 Å². The zero-order valence-corrected chi connectivity index (χ0v) is 11.7. The van der Waals surface area contributed by atoms with Crippen LogP contribution in [0, 0.1) is 12.7 Å². The monoisotopic (exact) mass is 277 g/mol. The van der Waals surface area contributed by atoms with Crippen LogP contribution in [0.5, 0.6) is 0 Å². The fourth-order valence-electron chi connectivity index (χ4n) is 2.00. The summed E-state index contributed by atoms with van der Waals surface area (Å²) in [5, 5.41) is 4.13. The Kier molecular flexibility index (Phi) is 4.94. The SMILES string of the molecule is Cc1cc(F)ccc1CCNCc1ccc(Cl)cc1. The lowest BCUT2D eigenvalue weighted by atomic mass is 10.1. The van der Waals surface area contributed by atoms with Crippen LogP contribution in [-0.2, 0) is 13.0 Å². The Morgan fingerprint density at radius 1 is 1.11 bits per heavy atom. The van der Waals surface area contributed by atoms with Crippen molar-refractivity contribution in [2.45, 2.75) is 19.9 Å². The summed E-state index contributed by atoms with van der Waals surface area (Å²) in [6.45, 7) is 3.63. The third kappa shape index (κ3) is 4.34. The molecule has 2 rings (SSSR count). The van der Waals surface area contributed by atoms with Crippen LogP contribution in [0.1, 0.15) is 16.7 Å². The summed E-state index contributed by atoms with van der Waals surface area (Å²) in [4.78, 5) is 0. The van der Waals surface area contributed by atoms with Crippen LogP contribution in [0.2, 0.25) is 5.02 Å². The molecule has 0 spiro atoms. The van der Waals surface area contributed by atoms with E-state index in [4.69, 9.17) is 11.6 Å². The number of benzene rings is 2. The summed E-state index contributed by atoms with van der Waals surface area (Å²) < 4.78 is 13.0. The second kappa shape index (κ2) is 6.69. The number of rotatable bonds is 5. The minimum atomic E-state index is -0.171. The number of hydrogen-bond donors (Lipinski definition) is 1. The predicted octanol–water partition coefficient (Wildman–Crippen LogP) is 4.12. The molecule has 0 radical (unpaired) electrons. The number of nitrogens with one attached hydrogen (secondary N) is 1. The Balaban J connectivity index is 1.79. The van der Waals surface area contributed by atoms with E-state index in [9.17, 15) is 4.39 Å². The first-order chi connectivity index (χ1) is 9.15. The van der Waals surface area contributed by atoms with Gasteiger partial charge < -0.3 is 5.32 Å². The van der Waals surface area contributed by atoms with Gasteiger partial charge in [-0.15, -0.1) is 0 Å². The van der Waals surface area contributed by atoms with E-state index in [0.29, 0.717) is 0 Å². The first kappa shape index (κ1) is 14.0. The molecule has 0 amide bonds. The van der Waals surface area contributed by atoms with E-state index in [0.717, 1.165) is 30.1 Å². The summed E-state index contributed by atoms with van der Waals surface area (Å²) >= 11 is 5.83. The molecule has 0 aromatic heterocycles. The molecule has 0 bridgehead atoms. The maximum absolute atomic E-state index is 13.0. The van der Waals surface area contributed by atoms with Gasteiger partial charge in [0, 0.05) is 11.6 Å². The van der Waals surface area contributed by atoms with E-state index in [-0.39, 0.29) is 5.82 Å². The first-order valence-electron chi connectivity index (χ1n) is 6.35. The Morgan fingerprint density at radius 3 is 2.53 bits per heavy atom. The van der Waals surface area contributed by atoms with Crippen LogP contribution < -0.4 is 5.32 Å². The third-order valence-electron chi connectivity index (χ3n) is 3.12. The fraction of sp³-hybridized carbons (Fsp3) is 0.250. The van der Waals surface area contributed by atoms with Gasteiger partial charge in [-0.2, -0.15) is 0 Å². The lowest BCUT2D eigenvalue weighted by Gasteiger charge is -2.08. The molecule has 2 aromatic rings. The van der Waals surface area contributed by atoms with Crippen LogP contribution in [0.15, 0.2) is 42.5 Å². The van der Waals surface area contributed by atoms with E-state index in [1.165, 1.54) is 17.2 Å². The average Bonchev–Trinajstić information content (AvgIpc) is 2.39. The standard InChI is InChI=1S/C16H17ClFN/c1-12-10-16(18)7-4-14(12)8-9-19-11-13-2-5-15(17)6-3-13/h2-7,10,19H,8-9,11H2,1H3. The molecule has 19 heavy (non-hydrogen) atoms. The van der Waals surface area contributed by atoms with Gasteiger partial charge in [0.25, 0.3) is 0 Å². The number of hydrogen-bond acceptors (Lipinski definition) is 1. The second-order valence-electron chi connectivity index (χ2n) is 4.62. The normalized spacial score (nSPS) is 10.7. The fourth-order valence-corrected chi connectivity index (χ4v) is 2.12. The highest BCUT2D eigenvalue weighted by Crippen LogP contribution is 2.11. The minimum absolute atomic E-state index is 0.171. The lowest BCUT2D eigenvalue weighted by Crippen LogP contribution is -2.17. The van der Waals surface area contributed by atoms with Gasteiger partial charge in [0.1, 0.15) is 5.82 Å². The van der Waals surface area contributed by atoms with Gasteiger partial charge in [-0.3, -0.25) is 0 Å². The zero-order chi connectivity index (χ0) is 13.7. The van der Waals surface area contributed by atoms with Crippen LogP contribution >= 0.6 is 11.6 Å². The predicted molar refractivity (Wildman–Crippen MR) is 78.0 cm³/mol. The Labute approximate surface area is 118 Å². The van der Waals surface area contributed by atoms with Crippen molar-refractivity contribution in [2.75, 3.05) is 6.54 Å². The van der Waals surface area contributed by atoms with Gasteiger partial charge in [-0.25, -0.2) is 4.39 Å². The molecule has 0 fully saturated rings. The average molecular weight is 278 g/mol. The Hall–Kier alpha value is -1.38. The van der Waals surface area contributed by atoms with Crippen LogP contribution in [0.4, 0.5) is 4.39 Å². The highest BCUT2D eigenvalue weighted by atomic mass is 35.5. The Morgan fingerprint density at radius 2 is 1.84 bits per heavy atom. The van der Waals surface area contributed by atoms with Gasteiger partial charge >= 0.3 is 0 Å². The van der Waals surface area contributed by atoms with Crippen molar-refractivity contribution in [2.24, 2.45) is 0 Å². The van der Waals surface area contributed by atoms with Crippen molar-refractivity contribution in [1.29, 1.82) is 0 Å². The largest absolute Gasteiger partial charge is 0.312 e. The molecule has 100 valence electrons. The quantitative estimate of drug-likeness (QED) is 0.811. The van der Waals surface area contributed by atoms with Crippen molar-refractivity contribution in [3.63, 3.8) is 0 Å². The third-order valence-corrected chi connectivity index (χ3v) is 3.37. The van der Waals surface area contributed by atoms with E-state index >= 15 is 0 Å². The molecule has 0 saturated heterocycles. The molecule has 0 aliphatic heterocycles. The molecule has 0 aliphatic carbocycles. The molecule has 0 atom stereocenters. The van der Waals surface area contributed by atoms with Gasteiger partial charge in [-0.1, -0.05) is 29.8 Å². The van der Waals surface area contributed by atoms with Crippen molar-refractivity contribution in [3.05, 3.63) is 70.0 Å². The van der Waals surface area contributed by atoms with E-state index in [1.807, 2.05) is 37.3 Å². The van der Waals surface area contributed by atoms with Gasteiger partial charge in [0.15, 0.2) is 0 Å². The molecule has 3 heteroatoms. The smallest absolute Gasteiger partial charge is 0.123 e. The maximum Gasteiger partial charge on any atom is 0.123 e. The first-order valence-corrected chi connectivity index (χ1v) is 6.73. The van der Waals surface area contributed by atoms with Gasteiger partial charge in [0.2, 0.25) is 0 Å². The van der Waals surface area contributed by atoms with Crippen molar-refractivity contribution in [3.8, 4) is 0 Å². The topological polar surface area (TPSA) is 12.0 Å². The lowest BCUT2D eigenvalue weighted by molar-refractivity contribution is 0.624. The van der Waals surface area contributed by atoms with Crippen LogP contribution in [0.25, 0.3) is 0 Å². The molecule has 0 heterocycles.